The summed E-state index contributed by atoms with van der Waals surface area (Å²) in [4.78, 5) is 12.6. The second-order valence-corrected chi connectivity index (χ2v) is 10.8. The average molecular weight is 556 g/mol. The number of unbranched alkanes of at least 4 members (excludes halogenated alkanes) is 11. The summed E-state index contributed by atoms with van der Waals surface area (Å²) < 4.78 is 28.0. The molecule has 0 radical (unpaired) electrons. The summed E-state index contributed by atoms with van der Waals surface area (Å²) in [5.74, 6) is -0.479. The van der Waals surface area contributed by atoms with Gasteiger partial charge in [-0.1, -0.05) is 113 Å². The van der Waals surface area contributed by atoms with Gasteiger partial charge in [-0.2, -0.15) is 4.57 Å². The van der Waals surface area contributed by atoms with E-state index in [2.05, 4.69) is 16.8 Å². The molecule has 5 nitrogen and oxygen atoms in total. The fourth-order valence-electron chi connectivity index (χ4n) is 4.52. The first-order valence-electron chi connectivity index (χ1n) is 14.5. The highest BCUT2D eigenvalue weighted by Gasteiger charge is 2.15. The van der Waals surface area contributed by atoms with Crippen molar-refractivity contribution in [3.63, 3.8) is 0 Å². The van der Waals surface area contributed by atoms with E-state index in [1.54, 1.807) is 23.5 Å². The van der Waals surface area contributed by atoms with Crippen LogP contribution in [0.1, 0.15) is 89.5 Å². The molecule has 0 aliphatic carbocycles. The molecule has 0 saturated heterocycles. The molecule has 3 rings (SSSR count). The molecule has 0 aliphatic heterocycles. The molecular weight excluding hydrogens is 511 g/mol. The summed E-state index contributed by atoms with van der Waals surface area (Å²) in [7, 11) is 0. The van der Waals surface area contributed by atoms with E-state index in [0.29, 0.717) is 13.2 Å². The molecule has 39 heavy (non-hydrogen) atoms. The monoisotopic (exact) mass is 555 g/mol. The predicted molar refractivity (Wildman–Crippen MR) is 157 cm³/mol. The third kappa shape index (κ3) is 11.8. The number of nitrogens with zero attached hydrogens (tertiary/aromatic N) is 1. The third-order valence-corrected chi connectivity index (χ3v) is 7.38. The summed E-state index contributed by atoms with van der Waals surface area (Å²) in [6.45, 7) is 3.10. The molecule has 0 fully saturated rings. The van der Waals surface area contributed by atoms with Gasteiger partial charge in [0.25, 0.3) is 5.91 Å². The van der Waals surface area contributed by atoms with Crippen molar-refractivity contribution < 1.29 is 23.2 Å². The van der Waals surface area contributed by atoms with Gasteiger partial charge in [0.05, 0.1) is 17.7 Å². The van der Waals surface area contributed by atoms with Crippen LogP contribution >= 0.6 is 11.3 Å². The van der Waals surface area contributed by atoms with Crippen molar-refractivity contribution in [3.05, 3.63) is 70.9 Å². The molecule has 0 atom stereocenters. The van der Waals surface area contributed by atoms with Crippen molar-refractivity contribution in [2.24, 2.45) is 0 Å². The minimum atomic E-state index is -0.482. The van der Waals surface area contributed by atoms with Crippen LogP contribution in [-0.2, 0) is 11.3 Å². The number of thiazole rings is 1. The van der Waals surface area contributed by atoms with Crippen LogP contribution < -0.4 is 19.4 Å². The number of nitrogens with one attached hydrogen (secondary N) is 1. The van der Waals surface area contributed by atoms with E-state index in [4.69, 9.17) is 9.47 Å². The van der Waals surface area contributed by atoms with Gasteiger partial charge in [0.1, 0.15) is 0 Å². The molecule has 2 aromatic carbocycles. The van der Waals surface area contributed by atoms with Gasteiger partial charge < -0.3 is 14.8 Å². The first-order chi connectivity index (χ1) is 19.2. The van der Waals surface area contributed by atoms with Crippen LogP contribution in [0.25, 0.3) is 0 Å². The third-order valence-electron chi connectivity index (χ3n) is 6.71. The van der Waals surface area contributed by atoms with E-state index in [1.807, 2.05) is 41.4 Å². The minimum Gasteiger partial charge on any atom is -0.487 e. The Morgan fingerprint density at radius 2 is 1.56 bits per heavy atom. The molecule has 0 bridgehead atoms. The smallest absolute Gasteiger partial charge is 0.262 e. The Labute approximate surface area is 237 Å². The van der Waals surface area contributed by atoms with Crippen LogP contribution in [0.4, 0.5) is 10.1 Å². The Morgan fingerprint density at radius 1 is 0.872 bits per heavy atom. The SMILES string of the molecule is CCCCCCCCCCCCCCOc1c(F)cccc1OCC(=O)Nc1ccccc1C[n+]1ccsc1. The molecule has 212 valence electrons. The van der Waals surface area contributed by atoms with Gasteiger partial charge in [-0.3, -0.25) is 4.79 Å². The second-order valence-electron chi connectivity index (χ2n) is 10.00. The van der Waals surface area contributed by atoms with Gasteiger partial charge in [-0.15, -0.1) is 0 Å². The van der Waals surface area contributed by atoms with Crippen molar-refractivity contribution in [2.45, 2.75) is 90.5 Å². The van der Waals surface area contributed by atoms with Crippen LogP contribution in [0.3, 0.4) is 0 Å². The number of amides is 1. The Hall–Kier alpha value is -2.93. The number of carbonyl (C=O) groups excluding carboxylic acids is 1. The highest BCUT2D eigenvalue weighted by molar-refractivity contribution is 7.07. The Balaban J connectivity index is 1.35. The van der Waals surface area contributed by atoms with E-state index in [0.717, 1.165) is 24.1 Å². The number of ether oxygens (including phenoxy) is 2. The summed E-state index contributed by atoms with van der Waals surface area (Å²) in [6, 6.07) is 12.2. The number of carbonyl (C=O) groups is 1. The predicted octanol–water partition coefficient (Wildman–Crippen LogP) is 8.32. The fraction of sp³-hybridized carbons (Fsp3) is 0.500. The van der Waals surface area contributed by atoms with Crippen molar-refractivity contribution in [1.29, 1.82) is 0 Å². The highest BCUT2D eigenvalue weighted by atomic mass is 32.1. The van der Waals surface area contributed by atoms with Crippen LogP contribution in [0.5, 0.6) is 11.5 Å². The summed E-state index contributed by atoms with van der Waals surface area (Å²) in [6.07, 6.45) is 17.1. The number of anilines is 1. The summed E-state index contributed by atoms with van der Waals surface area (Å²) in [5, 5.41) is 4.92. The van der Waals surface area contributed by atoms with Crippen LogP contribution in [-0.4, -0.2) is 19.1 Å². The largest absolute Gasteiger partial charge is 0.487 e. The number of hydrogen-bond acceptors (Lipinski definition) is 4. The van der Waals surface area contributed by atoms with Crippen LogP contribution in [0, 0.1) is 5.82 Å². The van der Waals surface area contributed by atoms with Gasteiger partial charge in [0.2, 0.25) is 5.51 Å². The Kier molecular flexibility index (Phi) is 14.4. The first kappa shape index (κ1) is 30.6. The maximum atomic E-state index is 14.5. The molecule has 0 aliphatic rings. The summed E-state index contributed by atoms with van der Waals surface area (Å²) >= 11 is 1.61. The lowest BCUT2D eigenvalue weighted by Crippen LogP contribution is -2.31. The van der Waals surface area contributed by atoms with Crippen molar-refractivity contribution in [3.8, 4) is 11.5 Å². The number of aromatic nitrogens is 1. The van der Waals surface area contributed by atoms with Crippen LogP contribution in [0.15, 0.2) is 59.6 Å². The van der Waals surface area contributed by atoms with Crippen molar-refractivity contribution in [1.82, 2.24) is 0 Å². The molecule has 1 aromatic heterocycles. The highest BCUT2D eigenvalue weighted by Crippen LogP contribution is 2.30. The van der Waals surface area contributed by atoms with Crippen molar-refractivity contribution >= 4 is 22.9 Å². The Morgan fingerprint density at radius 3 is 2.26 bits per heavy atom. The average Bonchev–Trinajstić information content (AvgIpc) is 3.45. The van der Waals surface area contributed by atoms with Gasteiger partial charge in [0, 0.05) is 5.56 Å². The lowest BCUT2D eigenvalue weighted by molar-refractivity contribution is -0.683. The summed E-state index contributed by atoms with van der Waals surface area (Å²) in [5.41, 5.74) is 3.74. The lowest BCUT2D eigenvalue weighted by atomic mass is 10.1. The number of halogens is 1. The number of hydrogen-bond donors (Lipinski definition) is 1. The fourth-order valence-corrected chi connectivity index (χ4v) is 5.12. The lowest BCUT2D eigenvalue weighted by Gasteiger charge is -2.14. The molecule has 3 aromatic rings. The number of para-hydroxylation sites is 2. The molecule has 0 saturated carbocycles. The zero-order chi connectivity index (χ0) is 27.5. The second kappa shape index (κ2) is 18.4. The van der Waals surface area contributed by atoms with Gasteiger partial charge in [0.15, 0.2) is 36.7 Å². The van der Waals surface area contributed by atoms with E-state index < -0.39 is 5.82 Å². The molecule has 7 heteroatoms. The maximum absolute atomic E-state index is 14.5. The molecule has 1 heterocycles. The molecule has 1 amide bonds. The first-order valence-corrected chi connectivity index (χ1v) is 15.4. The normalized spacial score (nSPS) is 10.9. The number of rotatable bonds is 20. The molecule has 0 spiro atoms. The van der Waals surface area contributed by atoms with Gasteiger partial charge >= 0.3 is 0 Å². The quantitative estimate of drug-likeness (QED) is 0.113. The van der Waals surface area contributed by atoms with E-state index in [-0.39, 0.29) is 24.0 Å². The molecular formula is C32H44FN2O3S+. The topological polar surface area (TPSA) is 51.4 Å². The van der Waals surface area contributed by atoms with E-state index >= 15 is 0 Å². The van der Waals surface area contributed by atoms with Gasteiger partial charge in [-0.05, 0) is 24.6 Å². The maximum Gasteiger partial charge on any atom is 0.262 e. The zero-order valence-corrected chi connectivity index (χ0v) is 24.2. The zero-order valence-electron chi connectivity index (χ0n) is 23.3. The van der Waals surface area contributed by atoms with Gasteiger partial charge in [-0.25, -0.2) is 4.39 Å². The Bertz CT molecular complexity index is 1090. The van der Waals surface area contributed by atoms with Crippen molar-refractivity contribution in [2.75, 3.05) is 18.5 Å². The minimum absolute atomic E-state index is 0.0719. The standard InChI is InChI=1S/C32H43FN2O3S/c1-2-3-4-5-6-7-8-9-10-11-12-15-22-37-32-28(33)18-16-20-30(32)38-25-31(36)34-29-19-14-13-17-27(29)24-35-21-23-39-26-35/h13-14,16-21,23,26H,2-12,15,22,24-25H2,1H3/p+1. The van der Waals surface area contributed by atoms with E-state index in [9.17, 15) is 9.18 Å². The molecule has 0 unspecified atom stereocenters. The van der Waals surface area contributed by atoms with Crippen LogP contribution in [0.2, 0.25) is 0 Å². The molecule has 1 N–H and O–H groups in total. The van der Waals surface area contributed by atoms with E-state index in [1.165, 1.54) is 70.3 Å². The number of benzene rings is 2.